The molecule has 0 aromatic carbocycles. The molecule has 0 aliphatic heterocycles. The number of hydrogen-bond donors (Lipinski definition) is 2. The summed E-state index contributed by atoms with van der Waals surface area (Å²) in [5.41, 5.74) is 0. The fourth-order valence-electron chi connectivity index (χ4n) is 1.17. The zero-order valence-corrected chi connectivity index (χ0v) is 9.89. The van der Waals surface area contributed by atoms with Gasteiger partial charge >= 0.3 is 0 Å². The fourth-order valence-corrected chi connectivity index (χ4v) is 1.17. The van der Waals surface area contributed by atoms with E-state index in [4.69, 9.17) is 0 Å². The molecule has 2 N–H and O–H groups in total. The number of hydrogen-bond acceptors (Lipinski definition) is 2. The van der Waals surface area contributed by atoms with Gasteiger partial charge in [0.05, 0.1) is 6.04 Å². The van der Waals surface area contributed by atoms with Crippen molar-refractivity contribution in [1.29, 1.82) is 0 Å². The molecule has 0 aromatic heterocycles. The average molecular weight is 200 g/mol. The van der Waals surface area contributed by atoms with Gasteiger partial charge < -0.3 is 10.6 Å². The van der Waals surface area contributed by atoms with Crippen molar-refractivity contribution in [1.82, 2.24) is 10.6 Å². The molecule has 0 aliphatic rings. The molecule has 0 bridgehead atoms. The first-order chi connectivity index (χ1) is 6.57. The van der Waals surface area contributed by atoms with Crippen LogP contribution in [0.4, 0.5) is 0 Å². The number of likely N-dealkylation sites (N-methyl/N-ethyl adjacent to an activating group) is 1. The summed E-state index contributed by atoms with van der Waals surface area (Å²) in [6.07, 6.45) is 3.53. The van der Waals surface area contributed by atoms with Gasteiger partial charge in [-0.2, -0.15) is 0 Å². The maximum Gasteiger partial charge on any atom is 0.236 e. The van der Waals surface area contributed by atoms with E-state index in [1.165, 1.54) is 12.8 Å². The first-order valence-corrected chi connectivity index (χ1v) is 5.53. The molecule has 1 unspecified atom stereocenters. The van der Waals surface area contributed by atoms with Crippen molar-refractivity contribution < 1.29 is 4.79 Å². The molecule has 0 saturated carbocycles. The minimum atomic E-state index is -0.0832. The normalized spacial score (nSPS) is 12.9. The van der Waals surface area contributed by atoms with Crippen LogP contribution >= 0.6 is 0 Å². The molecule has 0 radical (unpaired) electrons. The number of carbonyl (C=O) groups excluding carboxylic acids is 1. The van der Waals surface area contributed by atoms with Crippen LogP contribution in [0.25, 0.3) is 0 Å². The number of unbranched alkanes of at least 4 members (excludes halogenated alkanes) is 1. The molecular weight excluding hydrogens is 176 g/mol. The van der Waals surface area contributed by atoms with Gasteiger partial charge in [-0.3, -0.25) is 4.79 Å². The summed E-state index contributed by atoms with van der Waals surface area (Å²) in [6.45, 7) is 7.12. The maximum atomic E-state index is 11.3. The van der Waals surface area contributed by atoms with Gasteiger partial charge in [0, 0.05) is 6.54 Å². The summed E-state index contributed by atoms with van der Waals surface area (Å²) < 4.78 is 0. The third kappa shape index (κ3) is 6.89. The lowest BCUT2D eigenvalue weighted by molar-refractivity contribution is -0.122. The second kappa shape index (κ2) is 7.80. The summed E-state index contributed by atoms with van der Waals surface area (Å²) in [5, 5.41) is 5.82. The van der Waals surface area contributed by atoms with Gasteiger partial charge in [0.25, 0.3) is 0 Å². The molecule has 0 aromatic rings. The first-order valence-electron chi connectivity index (χ1n) is 5.53. The van der Waals surface area contributed by atoms with Crippen molar-refractivity contribution in [3.63, 3.8) is 0 Å². The van der Waals surface area contributed by atoms with E-state index in [0.29, 0.717) is 0 Å². The summed E-state index contributed by atoms with van der Waals surface area (Å²) in [5.74, 6) is 0.860. The van der Waals surface area contributed by atoms with Crippen LogP contribution < -0.4 is 10.6 Å². The van der Waals surface area contributed by atoms with Gasteiger partial charge in [0.1, 0.15) is 0 Å². The third-order valence-corrected chi connectivity index (χ3v) is 2.33. The van der Waals surface area contributed by atoms with E-state index in [1.807, 2.05) is 6.92 Å². The van der Waals surface area contributed by atoms with Gasteiger partial charge in [0.2, 0.25) is 5.91 Å². The monoisotopic (exact) mass is 200 g/mol. The van der Waals surface area contributed by atoms with E-state index < -0.39 is 0 Å². The second-order valence-corrected chi connectivity index (χ2v) is 4.19. The molecule has 1 atom stereocenters. The molecule has 84 valence electrons. The van der Waals surface area contributed by atoms with Gasteiger partial charge in [0.15, 0.2) is 0 Å². The number of carbonyl (C=O) groups is 1. The van der Waals surface area contributed by atoms with Gasteiger partial charge in [-0.05, 0) is 26.3 Å². The van der Waals surface area contributed by atoms with E-state index in [1.54, 1.807) is 7.05 Å². The Morgan fingerprint density at radius 3 is 2.36 bits per heavy atom. The summed E-state index contributed by atoms with van der Waals surface area (Å²) in [6, 6.07) is -0.0832. The van der Waals surface area contributed by atoms with Crippen molar-refractivity contribution in [2.24, 2.45) is 5.92 Å². The van der Waals surface area contributed by atoms with E-state index in [9.17, 15) is 4.79 Å². The number of rotatable bonds is 7. The lowest BCUT2D eigenvalue weighted by Crippen LogP contribution is -2.40. The molecule has 3 heteroatoms. The van der Waals surface area contributed by atoms with Crippen LogP contribution in [-0.4, -0.2) is 25.5 Å². The Balaban J connectivity index is 3.32. The molecule has 3 nitrogen and oxygen atoms in total. The van der Waals surface area contributed by atoms with Crippen molar-refractivity contribution in [2.45, 2.75) is 46.1 Å². The van der Waals surface area contributed by atoms with E-state index in [2.05, 4.69) is 24.5 Å². The van der Waals surface area contributed by atoms with E-state index in [0.717, 1.165) is 18.9 Å². The van der Waals surface area contributed by atoms with Crippen molar-refractivity contribution in [3.8, 4) is 0 Å². The highest BCUT2D eigenvalue weighted by atomic mass is 16.2. The van der Waals surface area contributed by atoms with Gasteiger partial charge in [-0.1, -0.05) is 26.7 Å². The molecule has 0 rings (SSSR count). The zero-order valence-electron chi connectivity index (χ0n) is 9.89. The predicted molar refractivity (Wildman–Crippen MR) is 60.2 cm³/mol. The van der Waals surface area contributed by atoms with E-state index >= 15 is 0 Å². The first kappa shape index (κ1) is 13.4. The van der Waals surface area contributed by atoms with Crippen LogP contribution in [0.2, 0.25) is 0 Å². The topological polar surface area (TPSA) is 41.1 Å². The SMILES string of the molecule is CNC(C)C(=O)NCCCCC(C)C. The van der Waals surface area contributed by atoms with Crippen LogP contribution in [-0.2, 0) is 4.79 Å². The second-order valence-electron chi connectivity index (χ2n) is 4.19. The number of nitrogens with one attached hydrogen (secondary N) is 2. The van der Waals surface area contributed by atoms with Gasteiger partial charge in [-0.25, -0.2) is 0 Å². The zero-order chi connectivity index (χ0) is 11.0. The third-order valence-electron chi connectivity index (χ3n) is 2.33. The Morgan fingerprint density at radius 1 is 1.21 bits per heavy atom. The quantitative estimate of drug-likeness (QED) is 0.612. The Hall–Kier alpha value is -0.570. The Kier molecular flexibility index (Phi) is 7.48. The molecule has 0 spiro atoms. The lowest BCUT2D eigenvalue weighted by atomic mass is 10.1. The number of amides is 1. The van der Waals surface area contributed by atoms with Crippen molar-refractivity contribution in [2.75, 3.05) is 13.6 Å². The minimum absolute atomic E-state index is 0.0832. The Labute approximate surface area is 87.6 Å². The van der Waals surface area contributed by atoms with Crippen molar-refractivity contribution >= 4 is 5.91 Å². The molecule has 1 amide bonds. The lowest BCUT2D eigenvalue weighted by Gasteiger charge is -2.11. The molecule has 14 heavy (non-hydrogen) atoms. The minimum Gasteiger partial charge on any atom is -0.355 e. The standard InChI is InChI=1S/C11H24N2O/c1-9(2)7-5-6-8-13-11(14)10(3)12-4/h9-10,12H,5-8H2,1-4H3,(H,13,14). The van der Waals surface area contributed by atoms with Crippen LogP contribution in [0.1, 0.15) is 40.0 Å². The van der Waals surface area contributed by atoms with Crippen molar-refractivity contribution in [3.05, 3.63) is 0 Å². The molecule has 0 saturated heterocycles. The van der Waals surface area contributed by atoms with E-state index in [-0.39, 0.29) is 11.9 Å². The summed E-state index contributed by atoms with van der Waals surface area (Å²) >= 11 is 0. The smallest absolute Gasteiger partial charge is 0.236 e. The van der Waals surface area contributed by atoms with Gasteiger partial charge in [-0.15, -0.1) is 0 Å². The highest BCUT2D eigenvalue weighted by Gasteiger charge is 2.07. The molecule has 0 fully saturated rings. The Bertz CT molecular complexity index is 157. The van der Waals surface area contributed by atoms with Crippen LogP contribution in [0, 0.1) is 5.92 Å². The highest BCUT2D eigenvalue weighted by molar-refractivity contribution is 5.81. The predicted octanol–water partition coefficient (Wildman–Crippen LogP) is 1.54. The molecular formula is C11H24N2O. The Morgan fingerprint density at radius 2 is 1.86 bits per heavy atom. The summed E-state index contributed by atoms with van der Waals surface area (Å²) in [4.78, 5) is 11.3. The molecule has 0 aliphatic carbocycles. The summed E-state index contributed by atoms with van der Waals surface area (Å²) in [7, 11) is 1.79. The maximum absolute atomic E-state index is 11.3. The average Bonchev–Trinajstić information content (AvgIpc) is 2.15. The largest absolute Gasteiger partial charge is 0.355 e. The molecule has 0 heterocycles. The fraction of sp³-hybridized carbons (Fsp3) is 0.909. The van der Waals surface area contributed by atoms with Crippen LogP contribution in [0.15, 0.2) is 0 Å². The van der Waals surface area contributed by atoms with Crippen LogP contribution in [0.3, 0.4) is 0 Å². The van der Waals surface area contributed by atoms with Crippen LogP contribution in [0.5, 0.6) is 0 Å². The highest BCUT2D eigenvalue weighted by Crippen LogP contribution is 2.04.